The van der Waals surface area contributed by atoms with Gasteiger partial charge in [-0.1, -0.05) is 419 Å². The normalized spacial score (nSPS) is 15.8. The molecule has 148 heavy (non-hydrogen) atoms. The number of aliphatic imine (C=N–C) groups is 1. The highest BCUT2D eigenvalue weighted by atomic mass is 16.5. The number of nitrogens with one attached hydrogen (secondary N) is 1. The van der Waals surface area contributed by atoms with Gasteiger partial charge >= 0.3 is 0 Å². The highest BCUT2D eigenvalue weighted by molar-refractivity contribution is 6.14. The summed E-state index contributed by atoms with van der Waals surface area (Å²) in [6, 6.07) is 177. The number of allylic oxidation sites excluding steroid dienone is 1. The fraction of sp³-hybridized carbons (Fsp3) is 0.0290. The summed E-state index contributed by atoms with van der Waals surface area (Å²) in [5, 5.41) is 6.11. The zero-order chi connectivity index (χ0) is 97.3. The molecule has 4 aliphatic heterocycles. The number of pyridine rings is 1. The number of hydrogen-bond acceptors (Lipinski definition) is 10. The Morgan fingerprint density at radius 3 is 1.15 bits per heavy atom. The molecule has 7 heterocycles. The van der Waals surface area contributed by atoms with Gasteiger partial charge in [-0.2, -0.15) is 0 Å². The maximum atomic E-state index is 7.53. The minimum Gasteiger partial charge on any atom is -0.456 e. The smallest absolute Gasteiger partial charge is 0.160 e. The van der Waals surface area contributed by atoms with Crippen LogP contribution >= 0.6 is 0 Å². The van der Waals surface area contributed by atoms with E-state index in [0.29, 0.717) is 17.3 Å². The average Bonchev–Trinajstić information content (AvgIpc) is 1.51. The molecule has 3 unspecified atom stereocenters. The van der Waals surface area contributed by atoms with E-state index in [4.69, 9.17) is 44.1 Å². The largest absolute Gasteiger partial charge is 0.456 e. The van der Waals surface area contributed by atoms with Gasteiger partial charge in [0.2, 0.25) is 0 Å². The minimum absolute atomic E-state index is 0.443. The molecule has 23 aromatic rings. The van der Waals surface area contributed by atoms with E-state index in [2.05, 4.69) is 454 Å². The summed E-state index contributed by atoms with van der Waals surface area (Å²) < 4.78 is 22.2. The van der Waals surface area contributed by atoms with Gasteiger partial charge < -0.3 is 19.5 Å². The number of rotatable bonds is 13. The molecule has 1 N–H and O–H groups in total. The van der Waals surface area contributed by atoms with E-state index in [1.54, 1.807) is 6.20 Å². The van der Waals surface area contributed by atoms with E-state index in [1.165, 1.54) is 50.1 Å². The van der Waals surface area contributed by atoms with E-state index in [9.17, 15) is 0 Å². The van der Waals surface area contributed by atoms with Crippen molar-refractivity contribution in [3.8, 4) is 180 Å². The van der Waals surface area contributed by atoms with Crippen LogP contribution in [0.25, 0.3) is 162 Å². The molecule has 0 radical (unpaired) electrons. The Balaban J connectivity index is 0.510. The van der Waals surface area contributed by atoms with E-state index in [1.807, 2.05) is 48.5 Å². The Hall–Kier alpha value is -19.4. The van der Waals surface area contributed by atoms with Crippen LogP contribution in [-0.2, 0) is 16.2 Å². The van der Waals surface area contributed by atoms with Crippen LogP contribution in [-0.4, -0.2) is 30.6 Å². The molecule has 7 aliphatic rings. The molecule has 10 heteroatoms. The van der Waals surface area contributed by atoms with Crippen molar-refractivity contribution in [3.05, 3.63) is 587 Å². The Kier molecular flexibility index (Phi) is 19.0. The van der Waals surface area contributed by atoms with Gasteiger partial charge in [0.15, 0.2) is 11.6 Å². The molecular formula is C138H85N7O3. The molecule has 3 spiro atoms. The van der Waals surface area contributed by atoms with Crippen molar-refractivity contribution in [2.75, 3.05) is 0 Å². The summed E-state index contributed by atoms with van der Waals surface area (Å²) >= 11 is 0. The molecule has 3 aromatic heterocycles. The Labute approximate surface area is 855 Å². The summed E-state index contributed by atoms with van der Waals surface area (Å²) in [7, 11) is 0. The molecule has 0 saturated heterocycles. The van der Waals surface area contributed by atoms with Crippen LogP contribution in [0, 0.1) is 0 Å². The molecule has 0 bridgehead atoms. The predicted molar refractivity (Wildman–Crippen MR) is 593 cm³/mol. The van der Waals surface area contributed by atoms with E-state index in [0.717, 1.165) is 219 Å². The van der Waals surface area contributed by atoms with Gasteiger partial charge in [0.05, 0.1) is 50.4 Å². The zero-order valence-electron chi connectivity index (χ0n) is 79.9. The van der Waals surface area contributed by atoms with Gasteiger partial charge in [0, 0.05) is 78.7 Å². The van der Waals surface area contributed by atoms with Gasteiger partial charge in [-0.15, -0.1) is 0 Å². The second-order valence-corrected chi connectivity index (χ2v) is 39.1. The average molecular weight is 1890 g/mol. The minimum atomic E-state index is -0.820. The fourth-order valence-electron chi connectivity index (χ4n) is 25.2. The highest BCUT2D eigenvalue weighted by Crippen LogP contribution is 2.69. The Morgan fingerprint density at radius 2 is 0.588 bits per heavy atom. The number of para-hydroxylation sites is 6. The predicted octanol–water partition coefficient (Wildman–Crippen LogP) is 33.0. The van der Waals surface area contributed by atoms with Crippen molar-refractivity contribution < 1.29 is 14.2 Å². The van der Waals surface area contributed by atoms with Gasteiger partial charge in [0.1, 0.15) is 40.7 Å². The van der Waals surface area contributed by atoms with Gasteiger partial charge in [-0.3, -0.25) is 9.98 Å². The number of hydrogen-bond donors (Lipinski definition) is 1. The second-order valence-electron chi connectivity index (χ2n) is 39.1. The Bertz CT molecular complexity index is 9450. The third-order valence-corrected chi connectivity index (χ3v) is 31.5. The van der Waals surface area contributed by atoms with Crippen molar-refractivity contribution in [1.82, 2.24) is 30.2 Å². The lowest BCUT2D eigenvalue weighted by Crippen LogP contribution is -2.33. The highest BCUT2D eigenvalue weighted by Gasteiger charge is 2.56. The van der Waals surface area contributed by atoms with Gasteiger partial charge in [0.25, 0.3) is 0 Å². The molecule has 10 nitrogen and oxygen atoms in total. The molecule has 30 rings (SSSR count). The summed E-state index contributed by atoms with van der Waals surface area (Å²) in [6.45, 7) is 0. The first-order chi connectivity index (χ1) is 73.3. The maximum Gasteiger partial charge on any atom is 0.160 e. The van der Waals surface area contributed by atoms with Crippen molar-refractivity contribution in [2.45, 2.75) is 22.4 Å². The number of benzene rings is 20. The molecule has 0 saturated carbocycles. The van der Waals surface area contributed by atoms with Crippen LogP contribution in [0.2, 0.25) is 0 Å². The number of ether oxygens (including phenoxy) is 3. The molecule has 20 aromatic carbocycles. The SMILES string of the molecule is C1=C(c2cccc3c2Oc2ccccc2C32c3ccccc3-c3ccccc32)NC(c2ccc(-c3ccccc3)cc2)N=C1c1ccc(-c2ccccc2-c2ccc3c(c2)-c2ccccc2C32c3ccccc3Oc3c(-c4cc(-c5cccc6cc(-c7cccc8c7-c7ccccc7C87c8ccccc8Oc8c(-c9cc(-c%10ccccn%10)nc(-c%10ccccc%10)n9)cccc87)ccc56)nc(-c5ccccc5)n4)cccc32)cc1. The van der Waals surface area contributed by atoms with Crippen LogP contribution < -0.4 is 19.5 Å². The lowest BCUT2D eigenvalue weighted by atomic mass is 9.65. The van der Waals surface area contributed by atoms with Crippen LogP contribution in [0.5, 0.6) is 34.5 Å². The molecule has 690 valence electrons. The molecule has 3 aliphatic carbocycles. The maximum absolute atomic E-state index is 7.53. The topological polar surface area (TPSA) is 117 Å². The van der Waals surface area contributed by atoms with Crippen molar-refractivity contribution in [3.63, 3.8) is 0 Å². The van der Waals surface area contributed by atoms with Crippen molar-refractivity contribution in [1.29, 1.82) is 0 Å². The standard InChI is InChI=1S/C138H85N7O3/c1-4-33-84(34-5-1)85-66-72-90(73-67-85)135-140-120(81-122(142-135)103-48-30-59-116-130(103)146-126-63-23-20-55-112(126)136(116)107-51-16-12-42-98(107)99-43-13-17-52-108(99)136)87-70-68-86(69-71-87)94-40-10-11-41-95(94)93-75-77-111-106(80-93)100-44-14-18-53-109(100)137(111)113-56-21-24-64-127(113)147-131-104(49-31-60-117(131)137)123-82-121(141-133(143-123)88-35-6-2-7-36-88)101-47-28-39-91-79-92(74-76-96(91)101)97-46-29-58-115-129(97)102-45-15-19-54-110(102)138(115)114-57-22-25-65-128(114)148-132-105(50-32-61-118(132)138)124-83-125(119-62-26-27-78-139-119)145-134(144-124)89-37-8-3-9-38-89/h1-83,135,142H. The van der Waals surface area contributed by atoms with Gasteiger partial charge in [-0.25, -0.2) is 19.9 Å². The van der Waals surface area contributed by atoms with Crippen LogP contribution in [0.1, 0.15) is 89.6 Å². The lowest BCUT2D eigenvalue weighted by molar-refractivity contribution is 0.434. The van der Waals surface area contributed by atoms with Gasteiger partial charge in [-0.05, 0) is 212 Å². The lowest BCUT2D eigenvalue weighted by Gasteiger charge is -2.40. The third kappa shape index (κ3) is 12.7. The van der Waals surface area contributed by atoms with E-state index >= 15 is 0 Å². The molecule has 0 fully saturated rings. The quantitative estimate of drug-likeness (QED) is 0.120. The monoisotopic (exact) mass is 1890 g/mol. The molecule has 0 amide bonds. The molecular weight excluding hydrogens is 1800 g/mol. The van der Waals surface area contributed by atoms with Crippen LogP contribution in [0.15, 0.2) is 509 Å². The summed E-state index contributed by atoms with van der Waals surface area (Å²) in [5.41, 5.74) is 40.3. The third-order valence-electron chi connectivity index (χ3n) is 31.5. The number of fused-ring (bicyclic) bond motifs is 28. The second kappa shape index (κ2) is 33.3. The van der Waals surface area contributed by atoms with Crippen molar-refractivity contribution in [2.24, 2.45) is 4.99 Å². The van der Waals surface area contributed by atoms with Crippen LogP contribution in [0.4, 0.5) is 0 Å². The first-order valence-electron chi connectivity index (χ1n) is 50.5. The first-order valence-corrected chi connectivity index (χ1v) is 50.5. The van der Waals surface area contributed by atoms with Crippen LogP contribution in [0.3, 0.4) is 0 Å². The summed E-state index contributed by atoms with van der Waals surface area (Å²) in [5.74, 6) is 5.89. The summed E-state index contributed by atoms with van der Waals surface area (Å²) in [4.78, 5) is 32.2. The zero-order valence-corrected chi connectivity index (χ0v) is 79.9. The molecule has 3 atom stereocenters. The number of nitrogens with zero attached hydrogens (tertiary/aromatic N) is 6. The van der Waals surface area contributed by atoms with E-state index in [-0.39, 0.29) is 0 Å². The summed E-state index contributed by atoms with van der Waals surface area (Å²) in [6.07, 6.45) is 3.58. The van der Waals surface area contributed by atoms with E-state index < -0.39 is 22.4 Å². The Morgan fingerprint density at radius 1 is 0.216 bits per heavy atom. The fourth-order valence-corrected chi connectivity index (χ4v) is 25.2. The van der Waals surface area contributed by atoms with Crippen molar-refractivity contribution >= 4 is 22.2 Å². The first kappa shape index (κ1) is 84.3. The number of aromatic nitrogens is 5.